The van der Waals surface area contributed by atoms with Crippen LogP contribution in [0.2, 0.25) is 5.02 Å². The van der Waals surface area contributed by atoms with Crippen molar-refractivity contribution in [3.05, 3.63) is 74.7 Å². The van der Waals surface area contributed by atoms with E-state index in [1.165, 1.54) is 0 Å². The molecule has 3 aromatic rings. The van der Waals surface area contributed by atoms with Crippen molar-refractivity contribution >= 4 is 17.6 Å². The molecule has 0 amide bonds. The normalized spacial score (nSPS) is 12.8. The summed E-state index contributed by atoms with van der Waals surface area (Å²) in [7, 11) is 3.67. The van der Waals surface area contributed by atoms with Crippen LogP contribution in [0, 0.1) is 0 Å². The highest BCUT2D eigenvalue weighted by Crippen LogP contribution is 2.31. The second kappa shape index (κ2) is 9.80. The largest absolute Gasteiger partial charge is 0.481 e. The van der Waals surface area contributed by atoms with Gasteiger partial charge in [-0.25, -0.2) is 4.79 Å². The predicted octanol–water partition coefficient (Wildman–Crippen LogP) is 4.34. The molecule has 0 radical (unpaired) electrons. The van der Waals surface area contributed by atoms with Gasteiger partial charge in [-0.2, -0.15) is 17.9 Å². The van der Waals surface area contributed by atoms with Gasteiger partial charge in [-0.15, -0.1) is 5.10 Å². The first-order valence-corrected chi connectivity index (χ1v) is 10.2. The lowest BCUT2D eigenvalue weighted by Gasteiger charge is -2.19. The summed E-state index contributed by atoms with van der Waals surface area (Å²) in [5.41, 5.74) is 0.316. The van der Waals surface area contributed by atoms with Crippen molar-refractivity contribution < 1.29 is 27.5 Å². The Bertz CT molecular complexity index is 1190. The van der Waals surface area contributed by atoms with Crippen molar-refractivity contribution in [2.75, 3.05) is 20.6 Å². The molecular weight excluding hydrogens is 463 g/mol. The summed E-state index contributed by atoms with van der Waals surface area (Å²) >= 11 is 6.11. The van der Waals surface area contributed by atoms with E-state index in [0.717, 1.165) is 28.9 Å². The highest BCUT2D eigenvalue weighted by atomic mass is 35.5. The van der Waals surface area contributed by atoms with Crippen molar-refractivity contribution in [3.63, 3.8) is 0 Å². The summed E-state index contributed by atoms with van der Waals surface area (Å²) in [5.74, 6) is -2.84. The Hall–Kier alpha value is -3.11. The Balaban J connectivity index is 1.93. The number of carboxylic acid groups (broad SMARTS) is 1. The molecule has 2 aromatic carbocycles. The highest BCUT2D eigenvalue weighted by Gasteiger charge is 2.30. The highest BCUT2D eigenvalue weighted by molar-refractivity contribution is 6.30. The monoisotopic (exact) mass is 483 g/mol. The molecule has 0 bridgehead atoms. The molecule has 1 aromatic heterocycles. The number of benzene rings is 2. The van der Waals surface area contributed by atoms with E-state index in [1.807, 2.05) is 19.0 Å². The number of hydrogen-bond acceptors (Lipinski definition) is 5. The number of carbonyl (C=O) groups is 1. The van der Waals surface area contributed by atoms with Crippen molar-refractivity contribution in [2.24, 2.45) is 0 Å². The van der Waals surface area contributed by atoms with Crippen LogP contribution >= 0.6 is 11.6 Å². The number of nitrogens with zero attached hydrogens (tertiary/aromatic N) is 3. The SMILES string of the molecule is CN(C)CCC(C(=O)O)c1ccc(Cl)cc1Cn1nc(-c2ccc(C(F)(F)F)cc2)oc1=O. The van der Waals surface area contributed by atoms with E-state index in [0.29, 0.717) is 29.1 Å². The number of alkyl halides is 3. The number of hydrogen-bond donors (Lipinski definition) is 1. The van der Waals surface area contributed by atoms with E-state index in [-0.39, 0.29) is 18.0 Å². The standard InChI is InChI=1S/C22H21ClF3N3O4/c1-28(2)10-9-18(20(30)31)17-8-7-16(23)11-14(17)12-29-21(32)33-19(27-29)13-3-5-15(6-4-13)22(24,25)26/h3-8,11,18H,9-10,12H2,1-2H3,(H,30,31). The summed E-state index contributed by atoms with van der Waals surface area (Å²) in [4.78, 5) is 26.1. The van der Waals surface area contributed by atoms with E-state index in [9.17, 15) is 27.9 Å². The van der Waals surface area contributed by atoms with Gasteiger partial charge in [0.1, 0.15) is 0 Å². The quantitative estimate of drug-likeness (QED) is 0.512. The Labute approximate surface area is 192 Å². The summed E-state index contributed by atoms with van der Waals surface area (Å²) in [5, 5.41) is 14.2. The van der Waals surface area contributed by atoms with Crippen LogP contribution in [0.3, 0.4) is 0 Å². The minimum atomic E-state index is -4.49. The second-order valence-corrected chi connectivity index (χ2v) is 8.17. The molecule has 7 nitrogen and oxygen atoms in total. The van der Waals surface area contributed by atoms with Gasteiger partial charge in [0.2, 0.25) is 5.89 Å². The van der Waals surface area contributed by atoms with Crippen LogP contribution in [0.25, 0.3) is 11.5 Å². The maximum Gasteiger partial charge on any atom is 0.437 e. The van der Waals surface area contributed by atoms with E-state index in [2.05, 4.69) is 5.10 Å². The average Bonchev–Trinajstić information content (AvgIpc) is 3.09. The van der Waals surface area contributed by atoms with Gasteiger partial charge in [0, 0.05) is 10.6 Å². The second-order valence-electron chi connectivity index (χ2n) is 7.73. The van der Waals surface area contributed by atoms with Gasteiger partial charge < -0.3 is 14.4 Å². The number of aliphatic carboxylic acids is 1. The fourth-order valence-electron chi connectivity index (χ4n) is 3.34. The number of aromatic nitrogens is 2. The van der Waals surface area contributed by atoms with Gasteiger partial charge in [0.15, 0.2) is 0 Å². The first-order chi connectivity index (χ1) is 15.5. The zero-order chi connectivity index (χ0) is 24.3. The van der Waals surface area contributed by atoms with E-state index in [4.69, 9.17) is 16.0 Å². The molecule has 0 aliphatic heterocycles. The Morgan fingerprint density at radius 2 is 1.88 bits per heavy atom. The van der Waals surface area contributed by atoms with Gasteiger partial charge >= 0.3 is 17.9 Å². The van der Waals surface area contributed by atoms with Crippen molar-refractivity contribution in [1.29, 1.82) is 0 Å². The van der Waals surface area contributed by atoms with E-state index in [1.54, 1.807) is 18.2 Å². The molecule has 1 N–H and O–H groups in total. The third-order valence-electron chi connectivity index (χ3n) is 5.03. The van der Waals surface area contributed by atoms with Crippen LogP contribution in [0.15, 0.2) is 51.7 Å². The molecule has 176 valence electrons. The lowest BCUT2D eigenvalue weighted by Crippen LogP contribution is -2.23. The summed E-state index contributed by atoms with van der Waals surface area (Å²) in [6, 6.07) is 8.79. The molecule has 3 rings (SSSR count). The van der Waals surface area contributed by atoms with Gasteiger partial charge in [-0.05, 0) is 74.6 Å². The van der Waals surface area contributed by atoms with Crippen LogP contribution < -0.4 is 5.76 Å². The lowest BCUT2D eigenvalue weighted by molar-refractivity contribution is -0.139. The zero-order valence-electron chi connectivity index (χ0n) is 17.8. The first kappa shape index (κ1) is 24.5. The predicted molar refractivity (Wildman–Crippen MR) is 115 cm³/mol. The van der Waals surface area contributed by atoms with E-state index >= 15 is 0 Å². The van der Waals surface area contributed by atoms with Crippen molar-refractivity contribution in [1.82, 2.24) is 14.7 Å². The van der Waals surface area contributed by atoms with Gasteiger partial charge in [-0.3, -0.25) is 4.79 Å². The summed E-state index contributed by atoms with van der Waals surface area (Å²) in [6.45, 7) is 0.408. The molecule has 0 aliphatic rings. The number of halogens is 4. The fraction of sp³-hybridized carbons (Fsp3) is 0.318. The van der Waals surface area contributed by atoms with E-state index < -0.39 is 29.4 Å². The fourth-order valence-corrected chi connectivity index (χ4v) is 3.53. The molecule has 1 atom stereocenters. The molecular formula is C22H21ClF3N3O4. The molecule has 0 saturated heterocycles. The van der Waals surface area contributed by atoms with Gasteiger partial charge in [0.25, 0.3) is 0 Å². The average molecular weight is 484 g/mol. The number of carboxylic acids is 1. The third kappa shape index (κ3) is 6.02. The molecule has 1 unspecified atom stereocenters. The third-order valence-corrected chi connectivity index (χ3v) is 5.26. The zero-order valence-corrected chi connectivity index (χ0v) is 18.5. The molecule has 0 saturated carbocycles. The Morgan fingerprint density at radius 1 is 1.21 bits per heavy atom. The first-order valence-electron chi connectivity index (χ1n) is 9.87. The molecule has 11 heteroatoms. The molecule has 33 heavy (non-hydrogen) atoms. The van der Waals surface area contributed by atoms with Crippen LogP contribution in [-0.2, 0) is 17.5 Å². The topological polar surface area (TPSA) is 88.6 Å². The van der Waals surface area contributed by atoms with Gasteiger partial charge in [-0.1, -0.05) is 17.7 Å². The summed E-state index contributed by atoms with van der Waals surface area (Å²) in [6.07, 6.45) is -4.16. The van der Waals surface area contributed by atoms with Gasteiger partial charge in [0.05, 0.1) is 18.0 Å². The Kier molecular flexibility index (Phi) is 7.28. The smallest absolute Gasteiger partial charge is 0.437 e. The Morgan fingerprint density at radius 3 is 2.45 bits per heavy atom. The van der Waals surface area contributed by atoms with Crippen molar-refractivity contribution in [3.8, 4) is 11.5 Å². The van der Waals surface area contributed by atoms with Crippen LogP contribution in [0.4, 0.5) is 13.2 Å². The van der Waals surface area contributed by atoms with Crippen LogP contribution in [0.1, 0.15) is 29.0 Å². The minimum Gasteiger partial charge on any atom is -0.481 e. The maximum absolute atomic E-state index is 12.8. The summed E-state index contributed by atoms with van der Waals surface area (Å²) < 4.78 is 44.4. The van der Waals surface area contributed by atoms with Crippen LogP contribution in [0.5, 0.6) is 0 Å². The molecule has 0 spiro atoms. The number of rotatable bonds is 8. The minimum absolute atomic E-state index is 0.120. The molecule has 0 fully saturated rings. The maximum atomic E-state index is 12.8. The lowest BCUT2D eigenvalue weighted by atomic mass is 9.91. The van der Waals surface area contributed by atoms with Crippen molar-refractivity contribution in [2.45, 2.75) is 25.1 Å². The molecule has 0 aliphatic carbocycles. The molecule has 1 heterocycles. The van der Waals surface area contributed by atoms with Crippen LogP contribution in [-0.4, -0.2) is 46.4 Å².